The highest BCUT2D eigenvalue weighted by Crippen LogP contribution is 2.34. The molecule has 0 bridgehead atoms. The van der Waals surface area contributed by atoms with Crippen LogP contribution in [-0.2, 0) is 12.8 Å². The topological polar surface area (TPSA) is 49.3 Å². The van der Waals surface area contributed by atoms with Crippen LogP contribution in [0, 0.1) is 5.41 Å². The van der Waals surface area contributed by atoms with E-state index in [-0.39, 0.29) is 0 Å². The summed E-state index contributed by atoms with van der Waals surface area (Å²) in [7, 11) is 0. The molecule has 2 aliphatic rings. The second-order valence-electron chi connectivity index (χ2n) is 5.95. The molecule has 96 valence electrons. The van der Waals surface area contributed by atoms with Crippen molar-refractivity contribution in [3.05, 3.63) is 23.5 Å². The van der Waals surface area contributed by atoms with E-state index < -0.39 is 0 Å². The molecule has 2 N–H and O–H groups in total. The molecule has 0 atom stereocenters. The first kappa shape index (κ1) is 11.5. The summed E-state index contributed by atoms with van der Waals surface area (Å²) in [6.07, 6.45) is 5.36. The molecular weight excluding hydrogens is 224 g/mol. The Hall–Kier alpha value is -1.58. The van der Waals surface area contributed by atoms with Crippen LogP contribution in [0.15, 0.2) is 17.3 Å². The Morgan fingerprint density at radius 1 is 1.39 bits per heavy atom. The van der Waals surface area contributed by atoms with Crippen LogP contribution in [0.4, 0.5) is 5.69 Å². The largest absolute Gasteiger partial charge is 0.354 e. The standard InChI is InChI=1S/C14H20N4/c1-14(2)4-3-12-10(8-14)7-11(9-17-12)18-13-15-5-6-16-13/h7,9H,3-6,8H2,1-2H3,(H2,15,16,18). The van der Waals surface area contributed by atoms with Crippen molar-refractivity contribution in [2.75, 3.05) is 18.4 Å². The predicted octanol–water partition coefficient (Wildman–Crippen LogP) is 1.97. The molecule has 4 nitrogen and oxygen atoms in total. The van der Waals surface area contributed by atoms with E-state index >= 15 is 0 Å². The van der Waals surface area contributed by atoms with Crippen LogP contribution in [0.25, 0.3) is 0 Å². The fraction of sp³-hybridized carbons (Fsp3) is 0.571. The number of nitrogens with one attached hydrogen (secondary N) is 2. The number of pyridine rings is 1. The average Bonchev–Trinajstić information content (AvgIpc) is 2.80. The van der Waals surface area contributed by atoms with Gasteiger partial charge in [-0.15, -0.1) is 0 Å². The Morgan fingerprint density at radius 3 is 3.06 bits per heavy atom. The van der Waals surface area contributed by atoms with Crippen LogP contribution in [-0.4, -0.2) is 24.0 Å². The molecule has 1 aliphatic heterocycles. The quantitative estimate of drug-likeness (QED) is 0.794. The minimum atomic E-state index is 0.399. The minimum absolute atomic E-state index is 0.399. The smallest absolute Gasteiger partial charge is 0.195 e. The van der Waals surface area contributed by atoms with E-state index in [0.717, 1.165) is 37.6 Å². The van der Waals surface area contributed by atoms with Gasteiger partial charge in [-0.1, -0.05) is 13.8 Å². The molecule has 3 rings (SSSR count). The fourth-order valence-electron chi connectivity index (χ4n) is 2.66. The Labute approximate surface area is 108 Å². The zero-order valence-corrected chi connectivity index (χ0v) is 11.1. The third kappa shape index (κ3) is 2.33. The lowest BCUT2D eigenvalue weighted by Crippen LogP contribution is -2.27. The predicted molar refractivity (Wildman–Crippen MR) is 74.0 cm³/mol. The monoisotopic (exact) mass is 244 g/mol. The SMILES string of the molecule is CC1(C)CCc2ncc(NC3=NCCN3)cc2C1. The number of aryl methyl sites for hydroxylation is 1. The number of guanidine groups is 1. The molecule has 0 saturated carbocycles. The van der Waals surface area contributed by atoms with Gasteiger partial charge in [-0.2, -0.15) is 0 Å². The minimum Gasteiger partial charge on any atom is -0.354 e. The second kappa shape index (κ2) is 4.26. The molecule has 1 aromatic heterocycles. The van der Waals surface area contributed by atoms with Crippen molar-refractivity contribution in [2.24, 2.45) is 10.4 Å². The summed E-state index contributed by atoms with van der Waals surface area (Å²) >= 11 is 0. The van der Waals surface area contributed by atoms with Crippen molar-refractivity contribution < 1.29 is 0 Å². The number of nitrogens with zero attached hydrogens (tertiary/aromatic N) is 2. The molecule has 0 radical (unpaired) electrons. The van der Waals surface area contributed by atoms with E-state index in [0.29, 0.717) is 5.41 Å². The number of anilines is 1. The average molecular weight is 244 g/mol. The summed E-state index contributed by atoms with van der Waals surface area (Å²) in [6.45, 7) is 6.44. The van der Waals surface area contributed by atoms with E-state index in [1.54, 1.807) is 0 Å². The molecule has 0 fully saturated rings. The highest BCUT2D eigenvalue weighted by molar-refractivity contribution is 5.94. The van der Waals surface area contributed by atoms with E-state index in [1.165, 1.54) is 17.7 Å². The van der Waals surface area contributed by atoms with Crippen LogP contribution >= 0.6 is 0 Å². The molecular formula is C14H20N4. The maximum absolute atomic E-state index is 4.58. The molecule has 4 heteroatoms. The third-order valence-corrected chi connectivity index (χ3v) is 3.70. The molecule has 0 unspecified atom stereocenters. The van der Waals surface area contributed by atoms with Gasteiger partial charge < -0.3 is 10.6 Å². The molecule has 0 amide bonds. The summed E-state index contributed by atoms with van der Waals surface area (Å²) in [4.78, 5) is 8.92. The number of rotatable bonds is 1. The molecule has 0 spiro atoms. The molecule has 0 aromatic carbocycles. The lowest BCUT2D eigenvalue weighted by atomic mass is 9.76. The number of hydrogen-bond donors (Lipinski definition) is 2. The van der Waals surface area contributed by atoms with Gasteiger partial charge in [0, 0.05) is 12.2 Å². The number of aromatic nitrogens is 1. The Balaban J connectivity index is 1.81. The van der Waals surface area contributed by atoms with E-state index in [2.05, 4.69) is 40.5 Å². The van der Waals surface area contributed by atoms with Crippen molar-refractivity contribution in [3.63, 3.8) is 0 Å². The Bertz CT molecular complexity index is 491. The van der Waals surface area contributed by atoms with Gasteiger partial charge in [0.05, 0.1) is 18.4 Å². The van der Waals surface area contributed by atoms with Gasteiger partial charge in [0.1, 0.15) is 0 Å². The fourth-order valence-corrected chi connectivity index (χ4v) is 2.66. The Morgan fingerprint density at radius 2 is 2.28 bits per heavy atom. The lowest BCUT2D eigenvalue weighted by molar-refractivity contribution is 0.312. The molecule has 2 heterocycles. The zero-order chi connectivity index (χ0) is 12.6. The van der Waals surface area contributed by atoms with Gasteiger partial charge >= 0.3 is 0 Å². The number of aliphatic imine (C=N–C) groups is 1. The molecule has 0 saturated heterocycles. The van der Waals surface area contributed by atoms with Gasteiger partial charge in [0.25, 0.3) is 0 Å². The summed E-state index contributed by atoms with van der Waals surface area (Å²) in [5.74, 6) is 0.867. The van der Waals surface area contributed by atoms with Crippen LogP contribution in [0.5, 0.6) is 0 Å². The third-order valence-electron chi connectivity index (χ3n) is 3.70. The summed E-state index contributed by atoms with van der Waals surface area (Å²) in [5, 5.41) is 6.51. The molecule has 1 aliphatic carbocycles. The summed E-state index contributed by atoms with van der Waals surface area (Å²) < 4.78 is 0. The lowest BCUT2D eigenvalue weighted by Gasteiger charge is -2.30. The summed E-state index contributed by atoms with van der Waals surface area (Å²) in [6, 6.07) is 2.23. The Kier molecular flexibility index (Phi) is 2.73. The number of hydrogen-bond acceptors (Lipinski definition) is 4. The van der Waals surface area contributed by atoms with Crippen molar-refractivity contribution in [2.45, 2.75) is 33.1 Å². The van der Waals surface area contributed by atoms with Gasteiger partial charge in [-0.05, 0) is 36.3 Å². The first-order chi connectivity index (χ1) is 8.62. The van der Waals surface area contributed by atoms with Crippen molar-refractivity contribution in [1.82, 2.24) is 10.3 Å². The highest BCUT2D eigenvalue weighted by atomic mass is 15.2. The zero-order valence-electron chi connectivity index (χ0n) is 11.1. The van der Waals surface area contributed by atoms with E-state index in [9.17, 15) is 0 Å². The van der Waals surface area contributed by atoms with Crippen molar-refractivity contribution >= 4 is 11.6 Å². The van der Waals surface area contributed by atoms with E-state index in [1.807, 2.05) is 6.20 Å². The van der Waals surface area contributed by atoms with Crippen LogP contribution in [0.3, 0.4) is 0 Å². The second-order valence-corrected chi connectivity index (χ2v) is 5.95. The van der Waals surface area contributed by atoms with E-state index in [4.69, 9.17) is 0 Å². The highest BCUT2D eigenvalue weighted by Gasteiger charge is 2.26. The first-order valence-corrected chi connectivity index (χ1v) is 6.66. The van der Waals surface area contributed by atoms with Crippen LogP contribution in [0.2, 0.25) is 0 Å². The summed E-state index contributed by atoms with van der Waals surface area (Å²) in [5.41, 5.74) is 4.09. The van der Waals surface area contributed by atoms with Gasteiger partial charge in [-0.3, -0.25) is 9.98 Å². The van der Waals surface area contributed by atoms with Crippen molar-refractivity contribution in [1.29, 1.82) is 0 Å². The number of fused-ring (bicyclic) bond motifs is 1. The molecule has 1 aromatic rings. The van der Waals surface area contributed by atoms with Crippen LogP contribution < -0.4 is 10.6 Å². The molecule has 18 heavy (non-hydrogen) atoms. The van der Waals surface area contributed by atoms with Gasteiger partial charge in [0.15, 0.2) is 5.96 Å². The van der Waals surface area contributed by atoms with Crippen LogP contribution in [0.1, 0.15) is 31.5 Å². The maximum atomic E-state index is 4.58. The van der Waals surface area contributed by atoms with Gasteiger partial charge in [-0.25, -0.2) is 0 Å². The van der Waals surface area contributed by atoms with Crippen molar-refractivity contribution in [3.8, 4) is 0 Å². The first-order valence-electron chi connectivity index (χ1n) is 6.66. The van der Waals surface area contributed by atoms with Gasteiger partial charge in [0.2, 0.25) is 0 Å². The normalized spacial score (nSPS) is 20.9. The maximum Gasteiger partial charge on any atom is 0.195 e.